The van der Waals surface area contributed by atoms with Crippen LogP contribution in [-0.2, 0) is 6.54 Å². The fourth-order valence-corrected chi connectivity index (χ4v) is 3.47. The maximum Gasteiger partial charge on any atom is 0.107 e. The van der Waals surface area contributed by atoms with E-state index in [1.807, 2.05) is 6.92 Å². The number of nitrogens with zero attached hydrogens (tertiary/aromatic N) is 3. The molecule has 0 aromatic carbocycles. The standard InChI is InChI=1S/C13H24N4S/c1-4-16-5-7-17(8-6-16)9-12-15-11(3)13(18-12)10(2)14/h10H,4-9,14H2,1-3H3. The first-order valence-electron chi connectivity index (χ1n) is 6.76. The molecule has 5 heteroatoms. The number of rotatable bonds is 4. The molecule has 1 fully saturated rings. The smallest absolute Gasteiger partial charge is 0.107 e. The topological polar surface area (TPSA) is 45.4 Å². The third-order valence-electron chi connectivity index (χ3n) is 3.56. The molecule has 1 aromatic heterocycles. The van der Waals surface area contributed by atoms with E-state index in [-0.39, 0.29) is 6.04 Å². The van der Waals surface area contributed by atoms with Gasteiger partial charge in [-0.05, 0) is 20.4 Å². The van der Waals surface area contributed by atoms with Crippen molar-refractivity contribution in [2.24, 2.45) is 5.73 Å². The van der Waals surface area contributed by atoms with Gasteiger partial charge in [0.25, 0.3) is 0 Å². The van der Waals surface area contributed by atoms with Gasteiger partial charge in [0, 0.05) is 37.1 Å². The van der Waals surface area contributed by atoms with Crippen molar-refractivity contribution in [1.82, 2.24) is 14.8 Å². The molecule has 0 amide bonds. The number of piperazine rings is 1. The molecule has 2 heterocycles. The molecule has 1 aliphatic heterocycles. The van der Waals surface area contributed by atoms with Crippen molar-refractivity contribution in [3.8, 4) is 0 Å². The average Bonchev–Trinajstić information content (AvgIpc) is 2.71. The van der Waals surface area contributed by atoms with Crippen LogP contribution in [0.15, 0.2) is 0 Å². The molecule has 1 atom stereocenters. The van der Waals surface area contributed by atoms with Crippen LogP contribution >= 0.6 is 11.3 Å². The third-order valence-corrected chi connectivity index (χ3v) is 4.90. The van der Waals surface area contributed by atoms with Crippen LogP contribution < -0.4 is 5.73 Å². The molecule has 2 rings (SSSR count). The molecule has 102 valence electrons. The van der Waals surface area contributed by atoms with Crippen LogP contribution in [0.3, 0.4) is 0 Å². The Morgan fingerprint density at radius 2 is 1.89 bits per heavy atom. The summed E-state index contributed by atoms with van der Waals surface area (Å²) in [5.41, 5.74) is 7.06. The molecular weight excluding hydrogens is 244 g/mol. The molecule has 4 nitrogen and oxygen atoms in total. The Morgan fingerprint density at radius 1 is 1.28 bits per heavy atom. The summed E-state index contributed by atoms with van der Waals surface area (Å²) in [6.45, 7) is 13.1. The van der Waals surface area contributed by atoms with Crippen molar-refractivity contribution in [3.05, 3.63) is 15.6 Å². The summed E-state index contributed by atoms with van der Waals surface area (Å²) in [5.74, 6) is 0. The summed E-state index contributed by atoms with van der Waals surface area (Å²) in [4.78, 5) is 10.9. The second-order valence-electron chi connectivity index (χ2n) is 5.06. The summed E-state index contributed by atoms with van der Waals surface area (Å²) in [5, 5.41) is 1.21. The minimum absolute atomic E-state index is 0.105. The summed E-state index contributed by atoms with van der Waals surface area (Å²) in [6, 6.07) is 0.105. The highest BCUT2D eigenvalue weighted by Crippen LogP contribution is 2.24. The Labute approximate surface area is 114 Å². The summed E-state index contributed by atoms with van der Waals surface area (Å²) in [6.07, 6.45) is 0. The van der Waals surface area contributed by atoms with E-state index in [2.05, 4.69) is 28.6 Å². The minimum Gasteiger partial charge on any atom is -0.323 e. The van der Waals surface area contributed by atoms with E-state index in [1.165, 1.54) is 29.5 Å². The molecule has 0 aliphatic carbocycles. The number of thiazole rings is 1. The lowest BCUT2D eigenvalue weighted by Crippen LogP contribution is -2.45. The van der Waals surface area contributed by atoms with Gasteiger partial charge in [-0.15, -0.1) is 11.3 Å². The van der Waals surface area contributed by atoms with Crippen molar-refractivity contribution in [2.75, 3.05) is 32.7 Å². The van der Waals surface area contributed by atoms with Crippen molar-refractivity contribution in [3.63, 3.8) is 0 Å². The molecule has 0 saturated carbocycles. The minimum atomic E-state index is 0.105. The molecule has 1 unspecified atom stereocenters. The third kappa shape index (κ3) is 3.29. The van der Waals surface area contributed by atoms with Crippen LogP contribution in [0.4, 0.5) is 0 Å². The van der Waals surface area contributed by atoms with Crippen molar-refractivity contribution in [2.45, 2.75) is 33.4 Å². The fourth-order valence-electron chi connectivity index (χ4n) is 2.41. The predicted octanol–water partition coefficient (Wildman–Crippen LogP) is 1.61. The number of aryl methyl sites for hydroxylation is 1. The van der Waals surface area contributed by atoms with Gasteiger partial charge in [-0.1, -0.05) is 6.92 Å². The van der Waals surface area contributed by atoms with Gasteiger partial charge in [-0.2, -0.15) is 0 Å². The van der Waals surface area contributed by atoms with Gasteiger partial charge in [0.1, 0.15) is 5.01 Å². The maximum atomic E-state index is 5.95. The van der Waals surface area contributed by atoms with E-state index >= 15 is 0 Å². The lowest BCUT2D eigenvalue weighted by Gasteiger charge is -2.33. The first-order valence-corrected chi connectivity index (χ1v) is 7.58. The van der Waals surface area contributed by atoms with Crippen molar-refractivity contribution < 1.29 is 0 Å². The van der Waals surface area contributed by atoms with Gasteiger partial charge < -0.3 is 10.6 Å². The maximum absolute atomic E-state index is 5.95. The normalized spacial score (nSPS) is 20.2. The summed E-state index contributed by atoms with van der Waals surface area (Å²) < 4.78 is 0. The van der Waals surface area contributed by atoms with E-state index < -0.39 is 0 Å². The van der Waals surface area contributed by atoms with Crippen LogP contribution in [0.25, 0.3) is 0 Å². The molecule has 0 radical (unpaired) electrons. The largest absolute Gasteiger partial charge is 0.323 e. The second kappa shape index (κ2) is 6.10. The molecule has 0 bridgehead atoms. The lowest BCUT2D eigenvalue weighted by molar-refractivity contribution is 0.132. The number of likely N-dealkylation sites (N-methyl/N-ethyl adjacent to an activating group) is 1. The van der Waals surface area contributed by atoms with E-state index in [1.54, 1.807) is 11.3 Å². The number of nitrogens with two attached hydrogens (primary N) is 1. The number of aromatic nitrogens is 1. The van der Waals surface area contributed by atoms with E-state index in [0.717, 1.165) is 25.3 Å². The first-order chi connectivity index (χ1) is 8.60. The van der Waals surface area contributed by atoms with Crippen molar-refractivity contribution >= 4 is 11.3 Å². The Hall–Kier alpha value is -0.490. The quantitative estimate of drug-likeness (QED) is 0.901. The highest BCUT2D eigenvalue weighted by atomic mass is 32.1. The van der Waals surface area contributed by atoms with Gasteiger partial charge >= 0.3 is 0 Å². The van der Waals surface area contributed by atoms with Gasteiger partial charge in [-0.3, -0.25) is 4.90 Å². The van der Waals surface area contributed by atoms with Crippen LogP contribution in [-0.4, -0.2) is 47.5 Å². The van der Waals surface area contributed by atoms with Gasteiger partial charge in [-0.25, -0.2) is 4.98 Å². The summed E-state index contributed by atoms with van der Waals surface area (Å²) >= 11 is 1.78. The van der Waals surface area contributed by atoms with Crippen molar-refractivity contribution in [1.29, 1.82) is 0 Å². The Morgan fingerprint density at radius 3 is 2.39 bits per heavy atom. The Bertz CT molecular complexity index is 380. The van der Waals surface area contributed by atoms with Crippen LogP contribution in [0.5, 0.6) is 0 Å². The zero-order valence-corrected chi connectivity index (χ0v) is 12.5. The molecule has 18 heavy (non-hydrogen) atoms. The summed E-state index contributed by atoms with van der Waals surface area (Å²) in [7, 11) is 0. The highest BCUT2D eigenvalue weighted by molar-refractivity contribution is 7.11. The number of hydrogen-bond donors (Lipinski definition) is 1. The molecule has 0 spiro atoms. The Kier molecular flexibility index (Phi) is 4.72. The SMILES string of the molecule is CCN1CCN(Cc2nc(C)c(C(C)N)s2)CC1. The zero-order valence-electron chi connectivity index (χ0n) is 11.6. The lowest BCUT2D eigenvalue weighted by atomic mass is 10.2. The van der Waals surface area contributed by atoms with Gasteiger partial charge in [0.15, 0.2) is 0 Å². The van der Waals surface area contributed by atoms with E-state index in [4.69, 9.17) is 5.73 Å². The van der Waals surface area contributed by atoms with Crippen LogP contribution in [0.2, 0.25) is 0 Å². The van der Waals surface area contributed by atoms with Gasteiger partial charge in [0.2, 0.25) is 0 Å². The first kappa shape index (κ1) is 13.9. The fraction of sp³-hybridized carbons (Fsp3) is 0.769. The van der Waals surface area contributed by atoms with Gasteiger partial charge in [0.05, 0.1) is 12.2 Å². The van der Waals surface area contributed by atoms with Crippen LogP contribution in [0.1, 0.15) is 35.5 Å². The zero-order chi connectivity index (χ0) is 13.1. The van der Waals surface area contributed by atoms with E-state index in [9.17, 15) is 0 Å². The monoisotopic (exact) mass is 268 g/mol. The Balaban J connectivity index is 1.92. The molecule has 1 saturated heterocycles. The second-order valence-corrected chi connectivity index (χ2v) is 6.17. The average molecular weight is 268 g/mol. The highest BCUT2D eigenvalue weighted by Gasteiger charge is 2.18. The molecule has 1 aromatic rings. The number of hydrogen-bond acceptors (Lipinski definition) is 5. The molecular formula is C13H24N4S. The predicted molar refractivity (Wildman–Crippen MR) is 76.8 cm³/mol. The van der Waals surface area contributed by atoms with Crippen LogP contribution in [0, 0.1) is 6.92 Å². The molecule has 2 N–H and O–H groups in total. The van der Waals surface area contributed by atoms with E-state index in [0.29, 0.717) is 0 Å². The molecule has 1 aliphatic rings.